The number of carbonyl (C=O) groups is 2. The highest BCUT2D eigenvalue weighted by atomic mass is 16.2. The van der Waals surface area contributed by atoms with E-state index in [0.717, 1.165) is 50.2 Å². The molecule has 2 amide bonds. The maximum absolute atomic E-state index is 12.2. The van der Waals surface area contributed by atoms with Crippen molar-refractivity contribution in [2.75, 3.05) is 31.1 Å². The lowest BCUT2D eigenvalue weighted by Gasteiger charge is -2.32. The number of aromatic nitrogens is 1. The number of pyridine rings is 1. The number of amides is 2. The Labute approximate surface area is 143 Å². The molecule has 1 aliphatic carbocycles. The summed E-state index contributed by atoms with van der Waals surface area (Å²) in [5.41, 5.74) is 1.15. The molecular weight excluding hydrogens is 304 g/mol. The fraction of sp³-hybridized carbons (Fsp3) is 0.611. The number of nitrogens with one attached hydrogen (secondary N) is 2. The van der Waals surface area contributed by atoms with Crippen molar-refractivity contribution < 1.29 is 9.59 Å². The van der Waals surface area contributed by atoms with Crippen molar-refractivity contribution in [1.29, 1.82) is 0 Å². The van der Waals surface area contributed by atoms with Crippen LogP contribution in [0.2, 0.25) is 0 Å². The third-order valence-electron chi connectivity index (χ3n) is 4.76. The summed E-state index contributed by atoms with van der Waals surface area (Å²) in [7, 11) is 0. The molecule has 6 nitrogen and oxygen atoms in total. The van der Waals surface area contributed by atoms with Crippen LogP contribution in [0.4, 0.5) is 5.82 Å². The predicted octanol–water partition coefficient (Wildman–Crippen LogP) is 1.25. The maximum Gasteiger partial charge on any atom is 0.223 e. The van der Waals surface area contributed by atoms with Crippen LogP contribution in [0.1, 0.15) is 31.2 Å². The molecule has 1 saturated carbocycles. The van der Waals surface area contributed by atoms with Crippen molar-refractivity contribution in [3.05, 3.63) is 23.9 Å². The average molecular weight is 330 g/mol. The number of piperidine rings is 1. The first kappa shape index (κ1) is 16.7. The SMILES string of the molecule is Cc1ccc(N2CCC(C(=O)NCCNC(=O)C3CC3)CC2)nc1. The highest BCUT2D eigenvalue weighted by Crippen LogP contribution is 2.28. The zero-order chi connectivity index (χ0) is 16.9. The van der Waals surface area contributed by atoms with E-state index in [9.17, 15) is 9.59 Å². The normalized spacial score (nSPS) is 18.3. The van der Waals surface area contributed by atoms with Gasteiger partial charge in [0.15, 0.2) is 0 Å². The van der Waals surface area contributed by atoms with E-state index in [1.807, 2.05) is 19.2 Å². The van der Waals surface area contributed by atoms with E-state index in [0.29, 0.717) is 13.1 Å². The molecule has 0 bridgehead atoms. The van der Waals surface area contributed by atoms with Gasteiger partial charge in [-0.3, -0.25) is 9.59 Å². The maximum atomic E-state index is 12.2. The lowest BCUT2D eigenvalue weighted by Crippen LogP contribution is -2.43. The molecule has 130 valence electrons. The number of anilines is 1. The molecule has 1 aromatic rings. The number of carbonyl (C=O) groups excluding carboxylic acids is 2. The molecule has 2 fully saturated rings. The van der Waals surface area contributed by atoms with Crippen molar-refractivity contribution in [2.24, 2.45) is 11.8 Å². The fourth-order valence-electron chi connectivity index (χ4n) is 3.02. The first-order valence-electron chi connectivity index (χ1n) is 8.86. The molecule has 1 aliphatic heterocycles. The van der Waals surface area contributed by atoms with Crippen LogP contribution < -0.4 is 15.5 Å². The smallest absolute Gasteiger partial charge is 0.223 e. The van der Waals surface area contributed by atoms with Crippen molar-refractivity contribution in [3.8, 4) is 0 Å². The molecule has 0 unspecified atom stereocenters. The Morgan fingerprint density at radius 1 is 1.04 bits per heavy atom. The predicted molar refractivity (Wildman–Crippen MR) is 92.7 cm³/mol. The lowest BCUT2D eigenvalue weighted by molar-refractivity contribution is -0.126. The van der Waals surface area contributed by atoms with Gasteiger partial charge in [0.2, 0.25) is 11.8 Å². The standard InChI is InChI=1S/C18H26N4O2/c1-13-2-5-16(21-12-13)22-10-6-15(7-11-22)18(24)20-9-8-19-17(23)14-3-4-14/h2,5,12,14-15H,3-4,6-11H2,1H3,(H,19,23)(H,20,24). The Morgan fingerprint density at radius 3 is 2.12 bits per heavy atom. The molecular formula is C18H26N4O2. The van der Waals surface area contributed by atoms with Gasteiger partial charge in [-0.05, 0) is 44.2 Å². The topological polar surface area (TPSA) is 74.3 Å². The summed E-state index contributed by atoms with van der Waals surface area (Å²) >= 11 is 0. The largest absolute Gasteiger partial charge is 0.357 e. The van der Waals surface area contributed by atoms with Gasteiger partial charge in [-0.1, -0.05) is 6.07 Å². The molecule has 0 atom stereocenters. The first-order chi connectivity index (χ1) is 11.6. The molecule has 2 aliphatic rings. The summed E-state index contributed by atoms with van der Waals surface area (Å²) in [5.74, 6) is 1.50. The van der Waals surface area contributed by atoms with Crippen LogP contribution in [0, 0.1) is 18.8 Å². The van der Waals surface area contributed by atoms with Crippen LogP contribution in [0.3, 0.4) is 0 Å². The minimum absolute atomic E-state index is 0.0610. The van der Waals surface area contributed by atoms with Crippen LogP contribution in [0.5, 0.6) is 0 Å². The van der Waals surface area contributed by atoms with Gasteiger partial charge in [0.1, 0.15) is 5.82 Å². The minimum atomic E-state index is 0.0610. The fourth-order valence-corrected chi connectivity index (χ4v) is 3.02. The molecule has 0 radical (unpaired) electrons. The summed E-state index contributed by atoms with van der Waals surface area (Å²) in [4.78, 5) is 30.4. The van der Waals surface area contributed by atoms with Gasteiger partial charge >= 0.3 is 0 Å². The molecule has 3 rings (SSSR count). The number of hydrogen-bond acceptors (Lipinski definition) is 4. The van der Waals surface area contributed by atoms with E-state index in [1.165, 1.54) is 0 Å². The molecule has 1 saturated heterocycles. The second kappa shape index (κ2) is 7.64. The summed E-state index contributed by atoms with van der Waals surface area (Å²) in [6.45, 7) is 4.77. The van der Waals surface area contributed by atoms with Crippen LogP contribution in [-0.4, -0.2) is 43.0 Å². The Morgan fingerprint density at radius 2 is 1.62 bits per heavy atom. The van der Waals surface area contributed by atoms with E-state index >= 15 is 0 Å². The third-order valence-corrected chi connectivity index (χ3v) is 4.76. The zero-order valence-corrected chi connectivity index (χ0v) is 14.3. The van der Waals surface area contributed by atoms with Crippen molar-refractivity contribution >= 4 is 17.6 Å². The quantitative estimate of drug-likeness (QED) is 0.770. The second-order valence-electron chi connectivity index (χ2n) is 6.81. The number of nitrogens with zero attached hydrogens (tertiary/aromatic N) is 2. The summed E-state index contributed by atoms with van der Waals surface area (Å²) in [6, 6.07) is 4.11. The number of aryl methyl sites for hydroxylation is 1. The molecule has 2 heterocycles. The van der Waals surface area contributed by atoms with Gasteiger partial charge in [-0.2, -0.15) is 0 Å². The Kier molecular flexibility index (Phi) is 5.33. The monoisotopic (exact) mass is 330 g/mol. The minimum Gasteiger partial charge on any atom is -0.357 e. The average Bonchev–Trinajstić information content (AvgIpc) is 3.44. The van der Waals surface area contributed by atoms with Gasteiger partial charge in [-0.15, -0.1) is 0 Å². The number of rotatable bonds is 6. The van der Waals surface area contributed by atoms with E-state index in [2.05, 4.69) is 26.6 Å². The van der Waals surface area contributed by atoms with Crippen molar-refractivity contribution in [3.63, 3.8) is 0 Å². The molecule has 0 spiro atoms. The summed E-state index contributed by atoms with van der Waals surface area (Å²) in [6.07, 6.45) is 5.58. The van der Waals surface area contributed by atoms with Crippen molar-refractivity contribution in [2.45, 2.75) is 32.6 Å². The van der Waals surface area contributed by atoms with E-state index in [-0.39, 0.29) is 23.7 Å². The first-order valence-corrected chi connectivity index (χ1v) is 8.86. The van der Waals surface area contributed by atoms with Crippen molar-refractivity contribution in [1.82, 2.24) is 15.6 Å². The second-order valence-corrected chi connectivity index (χ2v) is 6.81. The lowest BCUT2D eigenvalue weighted by atomic mass is 9.96. The molecule has 6 heteroatoms. The van der Waals surface area contributed by atoms with Crippen LogP contribution in [0.15, 0.2) is 18.3 Å². The highest BCUT2D eigenvalue weighted by Gasteiger charge is 2.29. The highest BCUT2D eigenvalue weighted by molar-refractivity contribution is 5.81. The number of hydrogen-bond donors (Lipinski definition) is 2. The van der Waals surface area contributed by atoms with Gasteiger partial charge in [0.25, 0.3) is 0 Å². The Bertz CT molecular complexity index is 575. The van der Waals surface area contributed by atoms with Gasteiger partial charge in [0.05, 0.1) is 0 Å². The summed E-state index contributed by atoms with van der Waals surface area (Å²) in [5, 5.41) is 5.81. The van der Waals surface area contributed by atoms with Crippen LogP contribution >= 0.6 is 0 Å². The van der Waals surface area contributed by atoms with Gasteiger partial charge in [-0.25, -0.2) is 4.98 Å². The molecule has 24 heavy (non-hydrogen) atoms. The van der Waals surface area contributed by atoms with Gasteiger partial charge in [0, 0.05) is 44.2 Å². The summed E-state index contributed by atoms with van der Waals surface area (Å²) < 4.78 is 0. The van der Waals surface area contributed by atoms with Crippen LogP contribution in [-0.2, 0) is 9.59 Å². The van der Waals surface area contributed by atoms with E-state index < -0.39 is 0 Å². The Hall–Kier alpha value is -2.11. The van der Waals surface area contributed by atoms with Gasteiger partial charge < -0.3 is 15.5 Å². The zero-order valence-electron chi connectivity index (χ0n) is 14.3. The van der Waals surface area contributed by atoms with E-state index in [4.69, 9.17) is 0 Å². The molecule has 2 N–H and O–H groups in total. The molecule has 0 aromatic carbocycles. The molecule has 1 aromatic heterocycles. The Balaban J connectivity index is 1.35. The van der Waals surface area contributed by atoms with E-state index in [1.54, 1.807) is 0 Å². The third kappa shape index (κ3) is 4.46. The van der Waals surface area contributed by atoms with Crippen LogP contribution in [0.25, 0.3) is 0 Å².